The van der Waals surface area contributed by atoms with E-state index in [1.54, 1.807) is 30.9 Å². The Kier molecular flexibility index (Phi) is 3.76. The van der Waals surface area contributed by atoms with Gasteiger partial charge in [0.15, 0.2) is 0 Å². The average Bonchev–Trinajstić information content (AvgIpc) is 2.68. The molecule has 0 aliphatic heterocycles. The number of nitrogens with zero attached hydrogens (tertiary/aromatic N) is 2. The molecular weight excluding hydrogens is 288 g/mol. The van der Waals surface area contributed by atoms with Gasteiger partial charge in [0.1, 0.15) is 0 Å². The molecule has 1 heterocycles. The van der Waals surface area contributed by atoms with Crippen molar-refractivity contribution in [2.75, 3.05) is 5.32 Å². The number of sulfone groups is 1. The van der Waals surface area contributed by atoms with Crippen LogP contribution in [0.4, 0.5) is 20.2 Å². The first-order chi connectivity index (χ1) is 9.32. The van der Waals surface area contributed by atoms with Crippen LogP contribution in [0.5, 0.6) is 0 Å². The molecule has 0 aliphatic rings. The van der Waals surface area contributed by atoms with Gasteiger partial charge in [-0.25, -0.2) is 8.42 Å². The molecule has 0 aliphatic carbocycles. The summed E-state index contributed by atoms with van der Waals surface area (Å²) in [6.45, 7) is 1.73. The molecule has 5 nitrogen and oxygen atoms in total. The van der Waals surface area contributed by atoms with Gasteiger partial charge in [-0.2, -0.15) is 13.9 Å². The summed E-state index contributed by atoms with van der Waals surface area (Å²) in [4.78, 5) is -0.432. The highest BCUT2D eigenvalue weighted by Gasteiger charge is 2.29. The van der Waals surface area contributed by atoms with Gasteiger partial charge in [0.05, 0.1) is 22.0 Å². The van der Waals surface area contributed by atoms with Crippen LogP contribution in [0, 0.1) is 6.92 Å². The van der Waals surface area contributed by atoms with E-state index in [0.717, 1.165) is 6.07 Å². The molecule has 0 atom stereocenters. The standard InChI is InChI=1S/C12H13F2N3O2S/c1-8-10(7-17(2)16-8)15-9-5-3-4-6-11(9)20(18,19)12(13)14/h3-7,12,15H,1-2H3. The highest BCUT2D eigenvalue weighted by Crippen LogP contribution is 2.29. The summed E-state index contributed by atoms with van der Waals surface area (Å²) < 4.78 is 50.1. The van der Waals surface area contributed by atoms with Crippen molar-refractivity contribution in [3.05, 3.63) is 36.2 Å². The summed E-state index contributed by atoms with van der Waals surface area (Å²) in [5.41, 5.74) is 1.30. The van der Waals surface area contributed by atoms with Crippen molar-refractivity contribution >= 4 is 21.2 Å². The van der Waals surface area contributed by atoms with Crippen molar-refractivity contribution in [3.8, 4) is 0 Å². The first kappa shape index (κ1) is 14.4. The molecule has 1 aromatic carbocycles. The zero-order valence-corrected chi connectivity index (χ0v) is 11.7. The lowest BCUT2D eigenvalue weighted by molar-refractivity contribution is 0.235. The third-order valence-corrected chi connectivity index (χ3v) is 4.15. The maximum atomic E-state index is 12.7. The Morgan fingerprint density at radius 2 is 1.90 bits per heavy atom. The van der Waals surface area contributed by atoms with Gasteiger partial charge < -0.3 is 5.32 Å². The van der Waals surface area contributed by atoms with Gasteiger partial charge in [0.25, 0.3) is 0 Å². The van der Waals surface area contributed by atoms with Crippen molar-refractivity contribution < 1.29 is 17.2 Å². The molecule has 1 aromatic heterocycles. The number of alkyl halides is 2. The molecule has 0 fully saturated rings. The Labute approximate surface area is 115 Å². The van der Waals surface area contributed by atoms with Crippen molar-refractivity contribution in [3.63, 3.8) is 0 Å². The van der Waals surface area contributed by atoms with Crippen LogP contribution in [0.25, 0.3) is 0 Å². The number of nitrogens with one attached hydrogen (secondary N) is 1. The van der Waals surface area contributed by atoms with Crippen LogP contribution in [0.2, 0.25) is 0 Å². The third kappa shape index (κ3) is 2.64. The number of hydrogen-bond acceptors (Lipinski definition) is 4. The number of anilines is 2. The first-order valence-electron chi connectivity index (χ1n) is 5.70. The van der Waals surface area contributed by atoms with Gasteiger partial charge in [0, 0.05) is 13.2 Å². The Balaban J connectivity index is 2.46. The zero-order chi connectivity index (χ0) is 14.9. The number of aryl methyl sites for hydroxylation is 2. The SMILES string of the molecule is Cc1nn(C)cc1Nc1ccccc1S(=O)(=O)C(F)F. The second kappa shape index (κ2) is 5.20. The number of rotatable bonds is 4. The van der Waals surface area contributed by atoms with E-state index in [1.165, 1.54) is 12.1 Å². The third-order valence-electron chi connectivity index (χ3n) is 2.71. The fraction of sp³-hybridized carbons (Fsp3) is 0.250. The van der Waals surface area contributed by atoms with E-state index in [4.69, 9.17) is 0 Å². The molecule has 2 aromatic rings. The fourth-order valence-electron chi connectivity index (χ4n) is 1.78. The largest absolute Gasteiger partial charge is 0.352 e. The van der Waals surface area contributed by atoms with Crippen LogP contribution in [0.15, 0.2) is 35.4 Å². The molecule has 0 saturated heterocycles. The van der Waals surface area contributed by atoms with Crippen molar-refractivity contribution in [2.24, 2.45) is 7.05 Å². The number of aromatic nitrogens is 2. The van der Waals surface area contributed by atoms with Crippen molar-refractivity contribution in [2.45, 2.75) is 17.6 Å². The molecular formula is C12H13F2N3O2S. The normalized spacial score (nSPS) is 11.8. The van der Waals surface area contributed by atoms with Crippen LogP contribution in [-0.4, -0.2) is 24.0 Å². The van der Waals surface area contributed by atoms with E-state index in [2.05, 4.69) is 10.4 Å². The van der Waals surface area contributed by atoms with E-state index < -0.39 is 20.5 Å². The lowest BCUT2D eigenvalue weighted by atomic mass is 10.3. The Morgan fingerprint density at radius 1 is 1.25 bits per heavy atom. The maximum absolute atomic E-state index is 12.7. The van der Waals surface area contributed by atoms with Gasteiger partial charge in [-0.15, -0.1) is 0 Å². The lowest BCUT2D eigenvalue weighted by Crippen LogP contribution is -2.13. The predicted octanol–water partition coefficient (Wildman–Crippen LogP) is 2.47. The molecule has 0 bridgehead atoms. The highest BCUT2D eigenvalue weighted by atomic mass is 32.2. The van der Waals surface area contributed by atoms with Crippen LogP contribution in [0.1, 0.15) is 5.69 Å². The summed E-state index contributed by atoms with van der Waals surface area (Å²) in [5.74, 6) is -3.46. The van der Waals surface area contributed by atoms with Crippen LogP contribution in [-0.2, 0) is 16.9 Å². The molecule has 0 saturated carbocycles. The van der Waals surface area contributed by atoms with Crippen LogP contribution >= 0.6 is 0 Å². The van der Waals surface area contributed by atoms with Gasteiger partial charge >= 0.3 is 5.76 Å². The van der Waals surface area contributed by atoms with E-state index >= 15 is 0 Å². The average molecular weight is 301 g/mol. The van der Waals surface area contributed by atoms with Gasteiger partial charge in [-0.05, 0) is 19.1 Å². The second-order valence-corrected chi connectivity index (χ2v) is 6.11. The second-order valence-electron chi connectivity index (χ2n) is 4.23. The molecule has 0 spiro atoms. The zero-order valence-electron chi connectivity index (χ0n) is 10.8. The number of benzene rings is 1. The van der Waals surface area contributed by atoms with Crippen molar-refractivity contribution in [1.82, 2.24) is 9.78 Å². The lowest BCUT2D eigenvalue weighted by Gasteiger charge is -2.11. The minimum atomic E-state index is -4.66. The Hall–Kier alpha value is -1.96. The molecule has 20 heavy (non-hydrogen) atoms. The van der Waals surface area contributed by atoms with E-state index in [-0.39, 0.29) is 5.69 Å². The summed E-state index contributed by atoms with van der Waals surface area (Å²) in [7, 11) is -2.95. The molecule has 8 heteroatoms. The maximum Gasteiger partial charge on any atom is 0.341 e. The number of halogens is 2. The van der Waals surface area contributed by atoms with E-state index in [1.807, 2.05) is 0 Å². The minimum absolute atomic E-state index is 0.101. The topological polar surface area (TPSA) is 64.0 Å². The molecule has 0 unspecified atom stereocenters. The van der Waals surface area contributed by atoms with E-state index in [9.17, 15) is 17.2 Å². The molecule has 108 valence electrons. The molecule has 0 amide bonds. The van der Waals surface area contributed by atoms with E-state index in [0.29, 0.717) is 11.4 Å². The summed E-state index contributed by atoms with van der Waals surface area (Å²) >= 11 is 0. The van der Waals surface area contributed by atoms with Gasteiger partial charge in [-0.3, -0.25) is 4.68 Å². The van der Waals surface area contributed by atoms with Crippen molar-refractivity contribution in [1.29, 1.82) is 0 Å². The Morgan fingerprint density at radius 3 is 2.45 bits per heavy atom. The smallest absolute Gasteiger partial charge is 0.341 e. The fourth-order valence-corrected chi connectivity index (χ4v) is 2.67. The van der Waals surface area contributed by atoms with Crippen LogP contribution < -0.4 is 5.32 Å². The molecule has 0 radical (unpaired) electrons. The quantitative estimate of drug-likeness (QED) is 0.942. The Bertz CT molecular complexity index is 726. The summed E-state index contributed by atoms with van der Waals surface area (Å²) in [5, 5.41) is 6.92. The first-order valence-corrected chi connectivity index (χ1v) is 7.25. The monoisotopic (exact) mass is 301 g/mol. The van der Waals surface area contributed by atoms with Gasteiger partial charge in [-0.1, -0.05) is 12.1 Å². The molecule has 2 rings (SSSR count). The van der Waals surface area contributed by atoms with Crippen LogP contribution in [0.3, 0.4) is 0 Å². The molecule has 1 N–H and O–H groups in total. The summed E-state index contributed by atoms with van der Waals surface area (Å²) in [6, 6.07) is 5.55. The van der Waals surface area contributed by atoms with Gasteiger partial charge in [0.2, 0.25) is 9.84 Å². The predicted molar refractivity (Wildman–Crippen MR) is 70.9 cm³/mol. The minimum Gasteiger partial charge on any atom is -0.352 e. The highest BCUT2D eigenvalue weighted by molar-refractivity contribution is 7.91. The number of para-hydroxylation sites is 1. The summed E-state index contributed by atoms with van der Waals surface area (Å²) in [6.07, 6.45) is 1.64. The number of hydrogen-bond donors (Lipinski definition) is 1.